The van der Waals surface area contributed by atoms with E-state index in [2.05, 4.69) is 35.4 Å². The maximum atomic E-state index is 12.9. The molecule has 7 nitrogen and oxygen atoms in total. The topological polar surface area (TPSA) is 78.3 Å². The normalized spacial score (nSPS) is 27.3. The second kappa shape index (κ2) is 7.57. The average Bonchev–Trinajstić information content (AvgIpc) is 2.91. The molecule has 154 valence electrons. The van der Waals surface area contributed by atoms with Crippen LogP contribution in [0.15, 0.2) is 59.2 Å². The maximum Gasteiger partial charge on any atom is 0.275 e. The third kappa shape index (κ3) is 3.06. The number of likely N-dealkylation sites (N-methyl/N-ethyl adjacent to an activating group) is 1. The Balaban J connectivity index is 1.71. The van der Waals surface area contributed by atoms with Crippen LogP contribution in [0.4, 0.5) is 0 Å². The highest BCUT2D eigenvalue weighted by Crippen LogP contribution is 2.40. The molecule has 3 aliphatic rings. The van der Waals surface area contributed by atoms with Gasteiger partial charge in [0.1, 0.15) is 12.4 Å². The number of hydrogen-bond donors (Lipinski definition) is 1. The summed E-state index contributed by atoms with van der Waals surface area (Å²) >= 11 is 0. The number of hydrogen-bond acceptors (Lipinski definition) is 6. The Hall–Kier alpha value is -3.19. The predicted molar refractivity (Wildman–Crippen MR) is 112 cm³/mol. The molecule has 1 aromatic heterocycles. The van der Waals surface area contributed by atoms with Crippen molar-refractivity contribution in [2.45, 2.75) is 24.8 Å². The van der Waals surface area contributed by atoms with E-state index in [1.165, 1.54) is 16.7 Å². The van der Waals surface area contributed by atoms with E-state index in [9.17, 15) is 9.90 Å². The van der Waals surface area contributed by atoms with Crippen LogP contribution in [0.1, 0.15) is 28.3 Å². The van der Waals surface area contributed by atoms with Gasteiger partial charge in [-0.25, -0.2) is 0 Å². The zero-order valence-corrected chi connectivity index (χ0v) is 16.9. The highest BCUT2D eigenvalue weighted by molar-refractivity contribution is 5.94. The first-order valence-corrected chi connectivity index (χ1v) is 10.2. The molecular formula is C23H24N4O3. The first-order chi connectivity index (χ1) is 14.6. The van der Waals surface area contributed by atoms with Crippen molar-refractivity contribution in [3.8, 4) is 0 Å². The summed E-state index contributed by atoms with van der Waals surface area (Å²) in [7, 11) is 1.76. The third-order valence-electron chi connectivity index (χ3n) is 6.12. The Morgan fingerprint density at radius 1 is 1.13 bits per heavy atom. The Morgan fingerprint density at radius 2 is 1.93 bits per heavy atom. The summed E-state index contributed by atoms with van der Waals surface area (Å²) in [5.74, 6) is -0.429. The Bertz CT molecular complexity index is 1000. The standard InChI is InChI=1S/C23H24N4O3/c1-26-13-18(27-22(23(26)29)19(28)14-30-12-11-25-27)20-17-7-3-2-5-15(17)8-9-16-6-4-10-24-21(16)20/h2-7,10-11,18,20,28H,8-9,12-14H2,1H3/b22-19+,25-11-. The van der Waals surface area contributed by atoms with Crippen molar-refractivity contribution in [3.63, 3.8) is 0 Å². The molecule has 1 N–H and O–H groups in total. The number of fused-ring (bicyclic) bond motifs is 3. The van der Waals surface area contributed by atoms with Gasteiger partial charge >= 0.3 is 0 Å². The zero-order valence-electron chi connectivity index (χ0n) is 16.9. The molecule has 0 bridgehead atoms. The summed E-state index contributed by atoms with van der Waals surface area (Å²) in [6.45, 7) is 0.740. The molecule has 1 aliphatic carbocycles. The van der Waals surface area contributed by atoms with Crippen LogP contribution in [-0.4, -0.2) is 65.0 Å². The lowest BCUT2D eigenvalue weighted by molar-refractivity contribution is -0.132. The number of nitrogens with zero attached hydrogens (tertiary/aromatic N) is 4. The fourth-order valence-corrected chi connectivity index (χ4v) is 4.74. The number of aliphatic hydroxyl groups excluding tert-OH is 1. The number of carbonyl (C=O) groups is 1. The van der Waals surface area contributed by atoms with Crippen LogP contribution in [0.3, 0.4) is 0 Å². The van der Waals surface area contributed by atoms with Gasteiger partial charge in [-0.15, -0.1) is 0 Å². The molecule has 7 heteroatoms. The van der Waals surface area contributed by atoms with Crippen molar-refractivity contribution in [1.29, 1.82) is 0 Å². The van der Waals surface area contributed by atoms with Gasteiger partial charge in [-0.3, -0.25) is 14.8 Å². The second-order valence-corrected chi connectivity index (χ2v) is 7.93. The van der Waals surface area contributed by atoms with E-state index >= 15 is 0 Å². The molecule has 1 amide bonds. The van der Waals surface area contributed by atoms with Crippen LogP contribution < -0.4 is 0 Å². The highest BCUT2D eigenvalue weighted by Gasteiger charge is 2.44. The number of hydrazone groups is 1. The van der Waals surface area contributed by atoms with Crippen molar-refractivity contribution in [2.75, 3.05) is 26.8 Å². The lowest BCUT2D eigenvalue weighted by atomic mass is 9.83. The van der Waals surface area contributed by atoms with Crippen LogP contribution in [0, 0.1) is 0 Å². The van der Waals surface area contributed by atoms with Crippen molar-refractivity contribution in [2.24, 2.45) is 5.10 Å². The number of aromatic nitrogens is 1. The minimum Gasteiger partial charge on any atom is -0.507 e. The zero-order chi connectivity index (χ0) is 20.7. The van der Waals surface area contributed by atoms with Crippen LogP contribution >= 0.6 is 0 Å². The van der Waals surface area contributed by atoms with Gasteiger partial charge in [-0.2, -0.15) is 5.10 Å². The van der Waals surface area contributed by atoms with E-state index in [1.54, 1.807) is 23.2 Å². The summed E-state index contributed by atoms with van der Waals surface area (Å²) in [5, 5.41) is 16.9. The van der Waals surface area contributed by atoms with Crippen LogP contribution in [0.2, 0.25) is 0 Å². The summed E-state index contributed by atoms with van der Waals surface area (Å²) in [5.41, 5.74) is 4.91. The highest BCUT2D eigenvalue weighted by atomic mass is 16.5. The quantitative estimate of drug-likeness (QED) is 0.789. The minimum atomic E-state index is -0.255. The fraction of sp³-hybridized carbons (Fsp3) is 0.348. The average molecular weight is 404 g/mol. The largest absolute Gasteiger partial charge is 0.507 e. The SMILES string of the molecule is CN1CC(C2c3ccccc3CCc3cccnc32)N2/N=C\COC/C(O)=C\2C1=O. The molecule has 2 unspecified atom stereocenters. The maximum absolute atomic E-state index is 12.9. The number of carbonyl (C=O) groups excluding carboxylic acids is 1. The van der Waals surface area contributed by atoms with Crippen molar-refractivity contribution >= 4 is 12.1 Å². The molecule has 1 aromatic carbocycles. The van der Waals surface area contributed by atoms with E-state index in [1.807, 2.05) is 12.3 Å². The van der Waals surface area contributed by atoms with E-state index in [-0.39, 0.29) is 42.5 Å². The van der Waals surface area contributed by atoms with Gasteiger partial charge in [0.2, 0.25) is 0 Å². The lowest BCUT2D eigenvalue weighted by Gasteiger charge is -2.43. The molecule has 0 saturated carbocycles. The van der Waals surface area contributed by atoms with Crippen LogP contribution in [0.25, 0.3) is 0 Å². The van der Waals surface area contributed by atoms with E-state index in [0.717, 1.165) is 18.5 Å². The summed E-state index contributed by atoms with van der Waals surface area (Å²) in [6, 6.07) is 12.4. The Morgan fingerprint density at radius 3 is 2.83 bits per heavy atom. The molecule has 0 radical (unpaired) electrons. The summed E-state index contributed by atoms with van der Waals surface area (Å²) in [6.07, 6.45) is 5.34. The number of rotatable bonds is 1. The number of aryl methyl sites for hydroxylation is 2. The number of benzene rings is 1. The van der Waals surface area contributed by atoms with Gasteiger partial charge in [0.05, 0.1) is 30.5 Å². The molecule has 5 rings (SSSR count). The molecule has 2 atom stereocenters. The first-order valence-electron chi connectivity index (χ1n) is 10.2. The summed E-state index contributed by atoms with van der Waals surface area (Å²) in [4.78, 5) is 19.4. The van der Waals surface area contributed by atoms with Crippen molar-refractivity contribution in [3.05, 3.63) is 76.4 Å². The molecule has 0 spiro atoms. The minimum absolute atomic E-state index is 0.0136. The molecule has 1 saturated heterocycles. The van der Waals surface area contributed by atoms with Crippen molar-refractivity contribution < 1.29 is 14.6 Å². The van der Waals surface area contributed by atoms with E-state index in [0.29, 0.717) is 6.54 Å². The molecule has 2 aliphatic heterocycles. The van der Waals surface area contributed by atoms with Gasteiger partial charge in [0.15, 0.2) is 5.70 Å². The lowest BCUT2D eigenvalue weighted by Crippen LogP contribution is -2.54. The number of ether oxygens (including phenoxy) is 1. The number of amides is 1. The van der Waals surface area contributed by atoms with E-state index in [4.69, 9.17) is 9.72 Å². The summed E-state index contributed by atoms with van der Waals surface area (Å²) < 4.78 is 5.37. The molecule has 2 aromatic rings. The van der Waals surface area contributed by atoms with Gasteiger partial charge in [-0.05, 0) is 35.6 Å². The predicted octanol–water partition coefficient (Wildman–Crippen LogP) is 2.24. The Labute approximate surface area is 175 Å². The van der Waals surface area contributed by atoms with Gasteiger partial charge < -0.3 is 14.7 Å². The monoisotopic (exact) mass is 404 g/mol. The van der Waals surface area contributed by atoms with Gasteiger partial charge in [-0.1, -0.05) is 30.3 Å². The molecule has 30 heavy (non-hydrogen) atoms. The van der Waals surface area contributed by atoms with Crippen LogP contribution in [0.5, 0.6) is 0 Å². The Kier molecular flexibility index (Phi) is 4.75. The second-order valence-electron chi connectivity index (χ2n) is 7.93. The third-order valence-corrected chi connectivity index (χ3v) is 6.12. The van der Waals surface area contributed by atoms with Crippen LogP contribution in [-0.2, 0) is 22.4 Å². The number of pyridine rings is 1. The first kappa shape index (κ1) is 18.8. The van der Waals surface area contributed by atoms with E-state index < -0.39 is 0 Å². The van der Waals surface area contributed by atoms with Gasteiger partial charge in [0, 0.05) is 19.8 Å². The number of piperazine rings is 1. The fourth-order valence-electron chi connectivity index (χ4n) is 4.74. The van der Waals surface area contributed by atoms with Gasteiger partial charge in [0.25, 0.3) is 5.91 Å². The molecule has 1 fully saturated rings. The molecular weight excluding hydrogens is 380 g/mol. The number of aliphatic hydroxyl groups is 1. The smallest absolute Gasteiger partial charge is 0.275 e. The molecule has 3 heterocycles. The van der Waals surface area contributed by atoms with Crippen molar-refractivity contribution in [1.82, 2.24) is 14.9 Å².